The van der Waals surface area contributed by atoms with E-state index in [1.807, 2.05) is 75.4 Å². The molecule has 6 nitrogen and oxygen atoms in total. The van der Waals surface area contributed by atoms with Crippen molar-refractivity contribution in [3.8, 4) is 5.75 Å². The molecule has 37 heavy (non-hydrogen) atoms. The molecule has 1 amide bonds. The zero-order valence-corrected chi connectivity index (χ0v) is 22.2. The fourth-order valence-corrected chi connectivity index (χ4v) is 4.24. The molecule has 0 fully saturated rings. The maximum atomic E-state index is 12.7. The van der Waals surface area contributed by atoms with Crippen molar-refractivity contribution in [1.82, 2.24) is 9.97 Å². The lowest BCUT2D eigenvalue weighted by atomic mass is 9.93. The number of aryl methyl sites for hydroxylation is 2. The maximum absolute atomic E-state index is 12.7. The minimum atomic E-state index is -0.554. The summed E-state index contributed by atoms with van der Waals surface area (Å²) in [6.07, 6.45) is 6.02. The van der Waals surface area contributed by atoms with Crippen molar-refractivity contribution < 1.29 is 14.3 Å². The van der Waals surface area contributed by atoms with Crippen molar-refractivity contribution in [2.45, 2.75) is 59.8 Å². The summed E-state index contributed by atoms with van der Waals surface area (Å²) in [5.41, 5.74) is 4.44. The van der Waals surface area contributed by atoms with Crippen molar-refractivity contribution in [1.29, 1.82) is 0 Å². The number of esters is 1. The van der Waals surface area contributed by atoms with Crippen LogP contribution in [-0.4, -0.2) is 21.8 Å². The summed E-state index contributed by atoms with van der Waals surface area (Å²) < 4.78 is 5.48. The number of hydrogen-bond donors (Lipinski definition) is 1. The quantitative estimate of drug-likeness (QED) is 0.298. The van der Waals surface area contributed by atoms with Gasteiger partial charge in [0.2, 0.25) is 11.9 Å². The number of benzene rings is 2. The molecule has 1 heterocycles. The van der Waals surface area contributed by atoms with Gasteiger partial charge in [-0.25, -0.2) is 9.97 Å². The van der Waals surface area contributed by atoms with Gasteiger partial charge in [0.15, 0.2) is 0 Å². The number of allylic oxidation sites excluding steroid dienone is 1. The molecule has 0 saturated carbocycles. The fraction of sp³-hybridized carbons (Fsp3) is 0.355. The van der Waals surface area contributed by atoms with Crippen LogP contribution in [0.1, 0.15) is 68.6 Å². The maximum Gasteiger partial charge on any atom is 0.316 e. The Balaban J connectivity index is 1.49. The molecule has 1 aliphatic rings. The zero-order chi connectivity index (χ0) is 26.6. The Morgan fingerprint density at radius 3 is 2.30 bits per heavy atom. The predicted octanol–water partition coefficient (Wildman–Crippen LogP) is 6.16. The number of amides is 1. The van der Waals surface area contributed by atoms with Gasteiger partial charge in [-0.15, -0.1) is 0 Å². The second-order valence-corrected chi connectivity index (χ2v) is 10.9. The van der Waals surface area contributed by atoms with Crippen LogP contribution in [0.4, 0.5) is 5.95 Å². The highest BCUT2D eigenvalue weighted by Crippen LogP contribution is 2.36. The normalized spacial score (nSPS) is 14.5. The average molecular weight is 498 g/mol. The number of carbonyl (C=O) groups is 2. The predicted molar refractivity (Wildman–Crippen MR) is 146 cm³/mol. The highest BCUT2D eigenvalue weighted by molar-refractivity contribution is 5.90. The molecule has 0 radical (unpaired) electrons. The van der Waals surface area contributed by atoms with Crippen molar-refractivity contribution in [2.75, 3.05) is 5.32 Å². The van der Waals surface area contributed by atoms with Crippen LogP contribution in [0.15, 0.2) is 60.7 Å². The van der Waals surface area contributed by atoms with E-state index in [2.05, 4.69) is 31.3 Å². The lowest BCUT2D eigenvalue weighted by molar-refractivity contribution is -0.143. The summed E-state index contributed by atoms with van der Waals surface area (Å²) in [5.74, 6) is 1.08. The number of aromatic nitrogens is 2. The Hall–Kier alpha value is -3.80. The van der Waals surface area contributed by atoms with E-state index in [1.165, 1.54) is 0 Å². The van der Waals surface area contributed by atoms with Gasteiger partial charge in [0.05, 0.1) is 23.2 Å². The van der Waals surface area contributed by atoms with E-state index >= 15 is 0 Å². The third kappa shape index (κ3) is 6.70. The molecule has 1 aromatic heterocycles. The van der Waals surface area contributed by atoms with Crippen LogP contribution in [0, 0.1) is 11.3 Å². The van der Waals surface area contributed by atoms with Crippen LogP contribution in [-0.2, 0) is 28.9 Å². The second kappa shape index (κ2) is 11.1. The van der Waals surface area contributed by atoms with Crippen LogP contribution in [0.25, 0.3) is 6.08 Å². The molecular formula is C31H35N3O3. The molecule has 0 bridgehead atoms. The lowest BCUT2D eigenvalue weighted by Gasteiger charge is -2.17. The molecule has 1 aliphatic carbocycles. The van der Waals surface area contributed by atoms with Gasteiger partial charge < -0.3 is 4.74 Å². The number of ether oxygens (including phenoxy) is 1. The van der Waals surface area contributed by atoms with Crippen LogP contribution in [0.2, 0.25) is 0 Å². The first-order chi connectivity index (χ1) is 17.6. The van der Waals surface area contributed by atoms with Gasteiger partial charge in [-0.1, -0.05) is 68.5 Å². The van der Waals surface area contributed by atoms with Gasteiger partial charge in [0.1, 0.15) is 5.75 Å². The van der Waals surface area contributed by atoms with Gasteiger partial charge in [-0.3, -0.25) is 14.9 Å². The summed E-state index contributed by atoms with van der Waals surface area (Å²) in [5, 5.41) is 2.92. The van der Waals surface area contributed by atoms with E-state index in [0.29, 0.717) is 24.0 Å². The SMILES string of the molecule is CC(C)C1C=Cc2c(CCc3ccc(OC(=O)C(C)(C)C)cc3)nc(NC(=O)Cc3ccccc3)nc21. The van der Waals surface area contributed by atoms with Crippen molar-refractivity contribution in [3.05, 3.63) is 88.8 Å². The minimum absolute atomic E-state index is 0.135. The smallest absolute Gasteiger partial charge is 0.316 e. The zero-order valence-electron chi connectivity index (χ0n) is 22.2. The van der Waals surface area contributed by atoms with Gasteiger partial charge >= 0.3 is 5.97 Å². The number of rotatable bonds is 8. The summed E-state index contributed by atoms with van der Waals surface area (Å²) in [6.45, 7) is 9.85. The standard InChI is InChI=1S/C31H35N3O3/c1-20(2)24-16-17-25-26(18-13-21-11-14-23(15-12-21)37-29(36)31(3,4)5)32-30(34-28(24)25)33-27(35)19-22-9-7-6-8-10-22/h6-12,14-17,20,24H,13,18-19H2,1-5H3,(H,32,33,34,35). The minimum Gasteiger partial charge on any atom is -0.426 e. The van der Waals surface area contributed by atoms with E-state index < -0.39 is 5.41 Å². The monoisotopic (exact) mass is 497 g/mol. The van der Waals surface area contributed by atoms with Crippen LogP contribution in [0.5, 0.6) is 5.75 Å². The molecule has 4 rings (SSSR count). The van der Waals surface area contributed by atoms with Crippen molar-refractivity contribution in [2.24, 2.45) is 11.3 Å². The first-order valence-corrected chi connectivity index (χ1v) is 12.8. The number of hydrogen-bond acceptors (Lipinski definition) is 5. The molecule has 0 aliphatic heterocycles. The molecule has 1 N–H and O–H groups in total. The first-order valence-electron chi connectivity index (χ1n) is 12.8. The topological polar surface area (TPSA) is 81.2 Å². The van der Waals surface area contributed by atoms with Crippen LogP contribution in [0.3, 0.4) is 0 Å². The molecule has 1 unspecified atom stereocenters. The average Bonchev–Trinajstić information content (AvgIpc) is 3.28. The largest absolute Gasteiger partial charge is 0.426 e. The molecule has 2 aromatic carbocycles. The molecule has 1 atom stereocenters. The van der Waals surface area contributed by atoms with Crippen LogP contribution < -0.4 is 10.1 Å². The lowest BCUT2D eigenvalue weighted by Crippen LogP contribution is -2.25. The second-order valence-electron chi connectivity index (χ2n) is 10.9. The highest BCUT2D eigenvalue weighted by atomic mass is 16.5. The first kappa shape index (κ1) is 26.3. The highest BCUT2D eigenvalue weighted by Gasteiger charge is 2.26. The third-order valence-corrected chi connectivity index (χ3v) is 6.41. The van der Waals surface area contributed by atoms with Crippen LogP contribution >= 0.6 is 0 Å². The summed E-state index contributed by atoms with van der Waals surface area (Å²) in [4.78, 5) is 34.4. The number of anilines is 1. The van der Waals surface area contributed by atoms with E-state index in [4.69, 9.17) is 14.7 Å². The van der Waals surface area contributed by atoms with Gasteiger partial charge in [-0.2, -0.15) is 0 Å². The molecule has 0 saturated heterocycles. The summed E-state index contributed by atoms with van der Waals surface area (Å²) in [6, 6.07) is 17.2. The van der Waals surface area contributed by atoms with E-state index in [1.54, 1.807) is 0 Å². The summed E-state index contributed by atoms with van der Waals surface area (Å²) >= 11 is 0. The number of nitrogens with one attached hydrogen (secondary N) is 1. The molecular weight excluding hydrogens is 462 g/mol. The van der Waals surface area contributed by atoms with Gasteiger partial charge in [0.25, 0.3) is 0 Å². The van der Waals surface area contributed by atoms with E-state index in [0.717, 1.165) is 34.5 Å². The summed E-state index contributed by atoms with van der Waals surface area (Å²) in [7, 11) is 0. The fourth-order valence-electron chi connectivity index (χ4n) is 4.24. The van der Waals surface area contributed by atoms with Gasteiger partial charge in [-0.05, 0) is 62.8 Å². The van der Waals surface area contributed by atoms with E-state index in [9.17, 15) is 9.59 Å². The Labute approximate surface area is 219 Å². The third-order valence-electron chi connectivity index (χ3n) is 6.41. The molecule has 3 aromatic rings. The molecule has 192 valence electrons. The molecule has 6 heteroatoms. The Kier molecular flexibility index (Phi) is 7.86. The Morgan fingerprint density at radius 2 is 1.65 bits per heavy atom. The Morgan fingerprint density at radius 1 is 0.946 bits per heavy atom. The van der Waals surface area contributed by atoms with Gasteiger partial charge in [0, 0.05) is 11.5 Å². The van der Waals surface area contributed by atoms with Crippen molar-refractivity contribution in [3.63, 3.8) is 0 Å². The molecule has 0 spiro atoms. The van der Waals surface area contributed by atoms with E-state index in [-0.39, 0.29) is 24.2 Å². The number of nitrogens with zero attached hydrogens (tertiary/aromatic N) is 2. The Bertz CT molecular complexity index is 1290. The number of carbonyl (C=O) groups excluding carboxylic acids is 2. The number of fused-ring (bicyclic) bond motifs is 1. The van der Waals surface area contributed by atoms with Crippen molar-refractivity contribution >= 4 is 23.9 Å².